The number of piperidine rings is 1. The highest BCUT2D eigenvalue weighted by Crippen LogP contribution is 2.40. The summed E-state index contributed by atoms with van der Waals surface area (Å²) in [5.74, 6) is 1.28. The Morgan fingerprint density at radius 3 is 2.77 bits per heavy atom. The number of likely N-dealkylation sites (N-methyl/N-ethyl adjacent to an activating group) is 1. The Morgan fingerprint density at radius 2 is 2.05 bits per heavy atom. The zero-order valence-electron chi connectivity index (χ0n) is 13.5. The number of likely N-dealkylation sites (tertiary alicyclic amines) is 1. The van der Waals surface area contributed by atoms with Gasteiger partial charge in [-0.05, 0) is 32.9 Å². The molecule has 5 heteroatoms. The number of rotatable bonds is 2. The summed E-state index contributed by atoms with van der Waals surface area (Å²) in [5.41, 5.74) is 2.69. The van der Waals surface area contributed by atoms with Gasteiger partial charge >= 0.3 is 0 Å². The van der Waals surface area contributed by atoms with Crippen LogP contribution < -0.4 is 0 Å². The third-order valence-corrected chi connectivity index (χ3v) is 5.53. The zero-order valence-corrected chi connectivity index (χ0v) is 13.5. The molecule has 0 unspecified atom stereocenters. The molecule has 4 heterocycles. The molecule has 118 valence electrons. The van der Waals surface area contributed by atoms with Crippen molar-refractivity contribution >= 4 is 0 Å². The van der Waals surface area contributed by atoms with Crippen LogP contribution in [0.3, 0.4) is 0 Å². The Hall–Kier alpha value is -1.59. The minimum absolute atomic E-state index is 0.124. The molecule has 1 fully saturated rings. The number of furan rings is 1. The number of imidazole rings is 1. The topological polar surface area (TPSA) is 37.4 Å². The summed E-state index contributed by atoms with van der Waals surface area (Å²) in [6.07, 6.45) is 7.95. The van der Waals surface area contributed by atoms with Crippen LogP contribution in [-0.4, -0.2) is 46.0 Å². The molecule has 1 saturated heterocycles. The number of aryl methyl sites for hydroxylation is 1. The van der Waals surface area contributed by atoms with E-state index in [9.17, 15) is 0 Å². The van der Waals surface area contributed by atoms with E-state index < -0.39 is 0 Å². The van der Waals surface area contributed by atoms with Crippen LogP contribution in [0.15, 0.2) is 29.2 Å². The second-order valence-corrected chi connectivity index (χ2v) is 6.74. The van der Waals surface area contributed by atoms with Gasteiger partial charge in [0.1, 0.15) is 5.82 Å². The molecule has 0 aromatic carbocycles. The second kappa shape index (κ2) is 5.25. The smallest absolute Gasteiger partial charge is 0.129 e. The van der Waals surface area contributed by atoms with Crippen molar-refractivity contribution in [3.8, 4) is 0 Å². The predicted octanol–water partition coefficient (Wildman–Crippen LogP) is 2.22. The van der Waals surface area contributed by atoms with E-state index in [4.69, 9.17) is 9.40 Å². The number of nitrogens with zero attached hydrogens (tertiary/aromatic N) is 4. The van der Waals surface area contributed by atoms with Gasteiger partial charge in [0, 0.05) is 50.2 Å². The summed E-state index contributed by atoms with van der Waals surface area (Å²) in [6.45, 7) is 7.57. The first-order valence-corrected chi connectivity index (χ1v) is 8.16. The average molecular weight is 300 g/mol. The van der Waals surface area contributed by atoms with Crippen LogP contribution in [0.5, 0.6) is 0 Å². The van der Waals surface area contributed by atoms with Gasteiger partial charge in [0.2, 0.25) is 0 Å². The van der Waals surface area contributed by atoms with Gasteiger partial charge in [-0.3, -0.25) is 9.80 Å². The maximum atomic E-state index is 5.18. The minimum atomic E-state index is 0.124. The number of hydrogen-bond acceptors (Lipinski definition) is 4. The maximum absolute atomic E-state index is 5.18. The van der Waals surface area contributed by atoms with E-state index in [1.807, 2.05) is 12.5 Å². The minimum Gasteiger partial charge on any atom is -0.472 e. The lowest BCUT2D eigenvalue weighted by atomic mass is 9.83. The number of fused-ring (bicyclic) bond motifs is 2. The summed E-state index contributed by atoms with van der Waals surface area (Å²) < 4.78 is 7.61. The van der Waals surface area contributed by atoms with Crippen molar-refractivity contribution in [1.82, 2.24) is 19.4 Å². The first-order chi connectivity index (χ1) is 10.7. The van der Waals surface area contributed by atoms with Gasteiger partial charge in [0.15, 0.2) is 0 Å². The molecule has 4 rings (SSSR count). The van der Waals surface area contributed by atoms with Crippen LogP contribution in [-0.2, 0) is 18.6 Å². The second-order valence-electron chi connectivity index (χ2n) is 6.74. The van der Waals surface area contributed by atoms with Gasteiger partial charge in [-0.1, -0.05) is 0 Å². The highest BCUT2D eigenvalue weighted by Gasteiger charge is 2.45. The van der Waals surface area contributed by atoms with Crippen LogP contribution in [0, 0.1) is 6.92 Å². The molecule has 0 atom stereocenters. The van der Waals surface area contributed by atoms with E-state index in [0.29, 0.717) is 0 Å². The van der Waals surface area contributed by atoms with Gasteiger partial charge in [-0.2, -0.15) is 0 Å². The van der Waals surface area contributed by atoms with Crippen LogP contribution in [0.2, 0.25) is 0 Å². The van der Waals surface area contributed by atoms with Crippen molar-refractivity contribution in [3.63, 3.8) is 0 Å². The fourth-order valence-electron chi connectivity index (χ4n) is 4.08. The Kier molecular flexibility index (Phi) is 3.35. The van der Waals surface area contributed by atoms with Gasteiger partial charge < -0.3 is 8.98 Å². The lowest BCUT2D eigenvalue weighted by Crippen LogP contribution is -2.56. The fourth-order valence-corrected chi connectivity index (χ4v) is 4.08. The van der Waals surface area contributed by atoms with Crippen LogP contribution >= 0.6 is 0 Å². The molecule has 2 aromatic heterocycles. The van der Waals surface area contributed by atoms with Crippen LogP contribution in [0.25, 0.3) is 0 Å². The van der Waals surface area contributed by atoms with E-state index >= 15 is 0 Å². The van der Waals surface area contributed by atoms with Crippen molar-refractivity contribution in [2.24, 2.45) is 0 Å². The lowest BCUT2D eigenvalue weighted by Gasteiger charge is -2.49. The van der Waals surface area contributed by atoms with Crippen molar-refractivity contribution in [3.05, 3.63) is 41.9 Å². The van der Waals surface area contributed by atoms with Crippen molar-refractivity contribution < 1.29 is 4.42 Å². The van der Waals surface area contributed by atoms with Crippen molar-refractivity contribution in [1.29, 1.82) is 0 Å². The zero-order chi connectivity index (χ0) is 15.2. The number of hydrogen-bond donors (Lipinski definition) is 0. The molecule has 0 saturated carbocycles. The van der Waals surface area contributed by atoms with Gasteiger partial charge in [0.25, 0.3) is 0 Å². The molecule has 2 aliphatic heterocycles. The van der Waals surface area contributed by atoms with Crippen molar-refractivity contribution in [2.45, 2.75) is 38.4 Å². The molecule has 0 radical (unpaired) electrons. The van der Waals surface area contributed by atoms with E-state index in [2.05, 4.69) is 34.4 Å². The molecule has 0 aliphatic carbocycles. The Bertz CT molecular complexity index is 638. The largest absolute Gasteiger partial charge is 0.472 e. The number of aromatic nitrogens is 2. The normalized spacial score (nSPS) is 22.1. The summed E-state index contributed by atoms with van der Waals surface area (Å²) >= 11 is 0. The van der Waals surface area contributed by atoms with Gasteiger partial charge in [-0.25, -0.2) is 4.98 Å². The molecule has 22 heavy (non-hydrogen) atoms. The molecule has 2 aromatic rings. The van der Waals surface area contributed by atoms with Gasteiger partial charge in [0.05, 0.1) is 18.1 Å². The SMILES string of the molecule is Cc1cnc2n1CCN(C)C21CCN(Cc2ccoc2)CC1. The Labute approximate surface area is 131 Å². The van der Waals surface area contributed by atoms with Crippen molar-refractivity contribution in [2.75, 3.05) is 26.7 Å². The van der Waals surface area contributed by atoms with Crippen LogP contribution in [0.1, 0.15) is 29.9 Å². The lowest BCUT2D eigenvalue weighted by molar-refractivity contribution is 0.00633. The van der Waals surface area contributed by atoms with E-state index in [0.717, 1.165) is 45.6 Å². The highest BCUT2D eigenvalue weighted by atomic mass is 16.3. The highest BCUT2D eigenvalue weighted by molar-refractivity contribution is 5.18. The summed E-state index contributed by atoms with van der Waals surface area (Å²) in [4.78, 5) is 9.83. The predicted molar refractivity (Wildman–Crippen MR) is 84.5 cm³/mol. The monoisotopic (exact) mass is 300 g/mol. The molecule has 5 nitrogen and oxygen atoms in total. The molecule has 1 spiro atoms. The summed E-state index contributed by atoms with van der Waals surface area (Å²) in [5, 5.41) is 0. The Balaban J connectivity index is 1.54. The van der Waals surface area contributed by atoms with E-state index in [-0.39, 0.29) is 5.54 Å². The molecule has 2 aliphatic rings. The molecule has 0 N–H and O–H groups in total. The fraction of sp³-hybridized carbons (Fsp3) is 0.588. The molecular weight excluding hydrogens is 276 g/mol. The first kappa shape index (κ1) is 14.0. The first-order valence-electron chi connectivity index (χ1n) is 8.16. The molecule has 0 bridgehead atoms. The standard InChI is InChI=1S/C17H24N4O/c1-14-11-18-16-17(19(2)8-9-21(14)16)4-6-20(7-5-17)12-15-3-10-22-13-15/h3,10-11,13H,4-9,12H2,1-2H3. The quantitative estimate of drug-likeness (QED) is 0.852. The summed E-state index contributed by atoms with van der Waals surface area (Å²) in [7, 11) is 2.26. The van der Waals surface area contributed by atoms with Crippen LogP contribution in [0.4, 0.5) is 0 Å². The third kappa shape index (κ3) is 2.11. The van der Waals surface area contributed by atoms with E-state index in [1.165, 1.54) is 17.1 Å². The molecule has 0 amide bonds. The Morgan fingerprint density at radius 1 is 1.23 bits per heavy atom. The average Bonchev–Trinajstić information content (AvgIpc) is 3.16. The third-order valence-electron chi connectivity index (χ3n) is 5.53. The summed E-state index contributed by atoms with van der Waals surface area (Å²) in [6, 6.07) is 2.06. The van der Waals surface area contributed by atoms with E-state index in [1.54, 1.807) is 6.26 Å². The maximum Gasteiger partial charge on any atom is 0.129 e. The van der Waals surface area contributed by atoms with Gasteiger partial charge in [-0.15, -0.1) is 0 Å². The molecular formula is C17H24N4O.